The van der Waals surface area contributed by atoms with Gasteiger partial charge in [0.1, 0.15) is 12.4 Å². The summed E-state index contributed by atoms with van der Waals surface area (Å²) in [6.45, 7) is 6.52. The van der Waals surface area contributed by atoms with Crippen LogP contribution in [0.1, 0.15) is 12.5 Å². The van der Waals surface area contributed by atoms with E-state index in [1.807, 2.05) is 31.2 Å². The zero-order valence-electron chi connectivity index (χ0n) is 9.16. The second kappa shape index (κ2) is 5.96. The van der Waals surface area contributed by atoms with Gasteiger partial charge in [-0.05, 0) is 31.2 Å². The number of benzene rings is 1. The summed E-state index contributed by atoms with van der Waals surface area (Å²) in [6, 6.07) is 7.68. The molecule has 0 aliphatic carbocycles. The highest BCUT2D eigenvalue weighted by Gasteiger charge is 1.98. The molecule has 0 aromatic heterocycles. The first-order valence-electron chi connectivity index (χ1n) is 4.83. The molecule has 0 amide bonds. The first kappa shape index (κ1) is 11.4. The lowest BCUT2D eigenvalue weighted by atomic mass is 10.2. The largest absolute Gasteiger partial charge is 0.497 e. The maximum atomic E-state index is 5.30. The predicted molar refractivity (Wildman–Crippen MR) is 58.5 cm³/mol. The number of hydrogen-bond donors (Lipinski definition) is 0. The van der Waals surface area contributed by atoms with E-state index in [1.54, 1.807) is 7.11 Å². The maximum absolute atomic E-state index is 5.30. The minimum atomic E-state index is 0.348. The van der Waals surface area contributed by atoms with Crippen molar-refractivity contribution >= 4 is 0 Å². The van der Waals surface area contributed by atoms with Crippen LogP contribution >= 0.6 is 0 Å². The molecule has 0 aliphatic heterocycles. The lowest BCUT2D eigenvalue weighted by Gasteiger charge is -2.09. The summed E-state index contributed by atoms with van der Waals surface area (Å²) in [4.78, 5) is 0. The molecule has 3 heteroatoms. The zero-order chi connectivity index (χ0) is 11.1. The molecule has 82 valence electrons. The van der Waals surface area contributed by atoms with Crippen LogP contribution in [0.4, 0.5) is 0 Å². The van der Waals surface area contributed by atoms with E-state index in [-0.39, 0.29) is 0 Å². The van der Waals surface area contributed by atoms with Crippen LogP contribution in [-0.4, -0.2) is 13.7 Å². The smallest absolute Gasteiger partial charge is 0.271 e. The van der Waals surface area contributed by atoms with Crippen molar-refractivity contribution in [2.24, 2.45) is 0 Å². The Kier molecular flexibility index (Phi) is 4.54. The van der Waals surface area contributed by atoms with Crippen molar-refractivity contribution in [3.63, 3.8) is 0 Å². The lowest BCUT2D eigenvalue weighted by Crippen LogP contribution is -1.97. The van der Waals surface area contributed by atoms with Gasteiger partial charge in [0.2, 0.25) is 0 Å². The monoisotopic (exact) mass is 208 g/mol. The SMILES string of the molecule is C=C(OCC)OCc1cccc(OC)c1. The molecule has 0 heterocycles. The molecule has 0 unspecified atom stereocenters. The van der Waals surface area contributed by atoms with Gasteiger partial charge in [0, 0.05) is 0 Å². The molecule has 0 fully saturated rings. The van der Waals surface area contributed by atoms with Crippen LogP contribution in [0.5, 0.6) is 5.75 Å². The van der Waals surface area contributed by atoms with Gasteiger partial charge in [0.15, 0.2) is 0 Å². The van der Waals surface area contributed by atoms with E-state index in [9.17, 15) is 0 Å². The first-order valence-corrected chi connectivity index (χ1v) is 4.83. The average molecular weight is 208 g/mol. The Labute approximate surface area is 90.3 Å². The minimum Gasteiger partial charge on any atom is -0.497 e. The van der Waals surface area contributed by atoms with E-state index >= 15 is 0 Å². The van der Waals surface area contributed by atoms with E-state index in [0.717, 1.165) is 11.3 Å². The third-order valence-corrected chi connectivity index (χ3v) is 1.84. The van der Waals surface area contributed by atoms with Crippen LogP contribution < -0.4 is 4.74 Å². The number of ether oxygens (including phenoxy) is 3. The molecule has 1 rings (SSSR count). The third-order valence-electron chi connectivity index (χ3n) is 1.84. The van der Waals surface area contributed by atoms with Crippen molar-refractivity contribution < 1.29 is 14.2 Å². The second-order valence-electron chi connectivity index (χ2n) is 2.95. The number of rotatable bonds is 6. The third kappa shape index (κ3) is 3.94. The Morgan fingerprint density at radius 1 is 1.33 bits per heavy atom. The Balaban J connectivity index is 2.46. The number of hydrogen-bond acceptors (Lipinski definition) is 3. The molecule has 0 N–H and O–H groups in total. The van der Waals surface area contributed by atoms with Gasteiger partial charge in [0.05, 0.1) is 13.7 Å². The highest BCUT2D eigenvalue weighted by atomic mass is 16.7. The van der Waals surface area contributed by atoms with Gasteiger partial charge in [-0.1, -0.05) is 12.1 Å². The maximum Gasteiger partial charge on any atom is 0.271 e. The normalized spacial score (nSPS) is 9.47. The van der Waals surface area contributed by atoms with Crippen molar-refractivity contribution in [2.75, 3.05) is 13.7 Å². The van der Waals surface area contributed by atoms with Gasteiger partial charge in [-0.3, -0.25) is 0 Å². The van der Waals surface area contributed by atoms with Crippen LogP contribution in [0.25, 0.3) is 0 Å². The quantitative estimate of drug-likeness (QED) is 0.673. The molecule has 15 heavy (non-hydrogen) atoms. The van der Waals surface area contributed by atoms with E-state index in [1.165, 1.54) is 0 Å². The van der Waals surface area contributed by atoms with Gasteiger partial charge in [-0.2, -0.15) is 0 Å². The molecule has 1 aromatic rings. The van der Waals surface area contributed by atoms with Gasteiger partial charge >= 0.3 is 0 Å². The van der Waals surface area contributed by atoms with E-state index in [0.29, 0.717) is 19.2 Å². The van der Waals surface area contributed by atoms with Crippen molar-refractivity contribution in [3.8, 4) is 5.75 Å². The van der Waals surface area contributed by atoms with Gasteiger partial charge < -0.3 is 14.2 Å². The fraction of sp³-hybridized carbons (Fsp3) is 0.333. The molecular weight excluding hydrogens is 192 g/mol. The highest BCUT2D eigenvalue weighted by molar-refractivity contribution is 5.27. The minimum absolute atomic E-state index is 0.348. The summed E-state index contributed by atoms with van der Waals surface area (Å²) in [7, 11) is 1.64. The van der Waals surface area contributed by atoms with Crippen molar-refractivity contribution in [2.45, 2.75) is 13.5 Å². The van der Waals surface area contributed by atoms with Crippen LogP contribution in [0.3, 0.4) is 0 Å². The summed E-state index contributed by atoms with van der Waals surface area (Å²) in [6.07, 6.45) is 0. The summed E-state index contributed by atoms with van der Waals surface area (Å²) >= 11 is 0. The van der Waals surface area contributed by atoms with Crippen molar-refractivity contribution in [1.82, 2.24) is 0 Å². The molecule has 0 saturated carbocycles. The fourth-order valence-electron chi connectivity index (χ4n) is 1.13. The standard InChI is InChI=1S/C12H16O3/c1-4-14-10(2)15-9-11-6-5-7-12(8-11)13-3/h5-8H,2,4,9H2,1,3H3. The summed E-state index contributed by atoms with van der Waals surface area (Å²) < 4.78 is 15.5. The Morgan fingerprint density at radius 3 is 2.80 bits per heavy atom. The van der Waals surface area contributed by atoms with Gasteiger partial charge in [-0.25, -0.2) is 0 Å². The van der Waals surface area contributed by atoms with E-state index in [2.05, 4.69) is 6.58 Å². The van der Waals surface area contributed by atoms with Crippen molar-refractivity contribution in [1.29, 1.82) is 0 Å². The summed E-state index contributed by atoms with van der Waals surface area (Å²) in [5, 5.41) is 0. The molecule has 0 atom stereocenters. The van der Waals surface area contributed by atoms with Crippen LogP contribution in [0.15, 0.2) is 36.8 Å². The number of methoxy groups -OCH3 is 1. The molecule has 1 aromatic carbocycles. The van der Waals surface area contributed by atoms with Crippen LogP contribution in [-0.2, 0) is 16.1 Å². The first-order chi connectivity index (χ1) is 7.26. The lowest BCUT2D eigenvalue weighted by molar-refractivity contribution is 0.0344. The molecule has 0 aliphatic rings. The molecule has 0 radical (unpaired) electrons. The highest BCUT2D eigenvalue weighted by Crippen LogP contribution is 2.14. The Bertz CT molecular complexity index is 320. The van der Waals surface area contributed by atoms with Crippen molar-refractivity contribution in [3.05, 3.63) is 42.4 Å². The van der Waals surface area contributed by atoms with E-state index < -0.39 is 0 Å². The average Bonchev–Trinajstić information content (AvgIpc) is 2.27. The molecule has 0 saturated heterocycles. The van der Waals surface area contributed by atoms with Crippen LogP contribution in [0.2, 0.25) is 0 Å². The topological polar surface area (TPSA) is 27.7 Å². The molecule has 0 bridgehead atoms. The van der Waals surface area contributed by atoms with Gasteiger partial charge in [-0.15, -0.1) is 0 Å². The van der Waals surface area contributed by atoms with E-state index in [4.69, 9.17) is 14.2 Å². The molecular formula is C12H16O3. The fourth-order valence-corrected chi connectivity index (χ4v) is 1.13. The van der Waals surface area contributed by atoms with Crippen LogP contribution in [0, 0.1) is 0 Å². The summed E-state index contributed by atoms with van der Waals surface area (Å²) in [5.41, 5.74) is 1.02. The Morgan fingerprint density at radius 2 is 2.13 bits per heavy atom. The van der Waals surface area contributed by atoms with Gasteiger partial charge in [0.25, 0.3) is 5.95 Å². The molecule has 0 spiro atoms. The second-order valence-corrected chi connectivity index (χ2v) is 2.95. The predicted octanol–water partition coefficient (Wildman–Crippen LogP) is 2.72. The summed E-state index contributed by atoms with van der Waals surface area (Å²) in [5.74, 6) is 1.17. The Hall–Kier alpha value is -1.64. The molecule has 3 nitrogen and oxygen atoms in total. The zero-order valence-corrected chi connectivity index (χ0v) is 9.16.